The smallest absolute Gasteiger partial charge is 0.342 e. The summed E-state index contributed by atoms with van der Waals surface area (Å²) in [6.07, 6.45) is 0.459. The number of ketones is 1. The first kappa shape index (κ1) is 18.4. The van der Waals surface area contributed by atoms with Gasteiger partial charge in [-0.2, -0.15) is 0 Å². The zero-order chi connectivity index (χ0) is 18.6. The van der Waals surface area contributed by atoms with Crippen LogP contribution in [0.25, 0.3) is 0 Å². The van der Waals surface area contributed by atoms with Gasteiger partial charge in [-0.3, -0.25) is 9.59 Å². The quantitative estimate of drug-likeness (QED) is 0.639. The molecule has 0 saturated heterocycles. The lowest BCUT2D eigenvalue weighted by Gasteiger charge is -2.13. The van der Waals surface area contributed by atoms with Crippen molar-refractivity contribution in [3.8, 4) is 0 Å². The molecule has 0 radical (unpaired) electrons. The fourth-order valence-corrected chi connectivity index (χ4v) is 2.11. The predicted molar refractivity (Wildman–Crippen MR) is 92.6 cm³/mol. The van der Waals surface area contributed by atoms with E-state index in [4.69, 9.17) is 9.15 Å². The average molecular weight is 343 g/mol. The van der Waals surface area contributed by atoms with Crippen molar-refractivity contribution in [1.82, 2.24) is 0 Å². The summed E-state index contributed by atoms with van der Waals surface area (Å²) in [5.41, 5.74) is 1.30. The maximum absolute atomic E-state index is 12.4. The van der Waals surface area contributed by atoms with E-state index in [-0.39, 0.29) is 17.6 Å². The maximum Gasteiger partial charge on any atom is 0.342 e. The first-order valence-corrected chi connectivity index (χ1v) is 7.99. The Labute approximate surface area is 146 Å². The highest BCUT2D eigenvalue weighted by atomic mass is 16.5. The second-order valence-corrected chi connectivity index (χ2v) is 6.02. The molecule has 0 aliphatic carbocycles. The number of furan rings is 1. The van der Waals surface area contributed by atoms with Gasteiger partial charge in [0.2, 0.25) is 11.7 Å². The van der Waals surface area contributed by atoms with Crippen LogP contribution in [0.5, 0.6) is 0 Å². The van der Waals surface area contributed by atoms with E-state index in [1.165, 1.54) is 19.3 Å². The summed E-state index contributed by atoms with van der Waals surface area (Å²) in [4.78, 5) is 36.1. The number of hydrogen-bond acceptors (Lipinski definition) is 5. The van der Waals surface area contributed by atoms with E-state index in [0.717, 1.165) is 0 Å². The van der Waals surface area contributed by atoms with E-state index in [9.17, 15) is 14.4 Å². The molecule has 0 aliphatic heterocycles. The van der Waals surface area contributed by atoms with E-state index in [1.54, 1.807) is 45.0 Å². The molecule has 1 heterocycles. The number of ether oxygens (including phenoxy) is 1. The zero-order valence-electron chi connectivity index (χ0n) is 14.7. The number of Topliss-reactive ketones (excluding diaryl/α,β-unsaturated/α-hetero) is 1. The molecule has 0 fully saturated rings. The highest BCUT2D eigenvalue weighted by Crippen LogP contribution is 2.16. The molecule has 1 aromatic carbocycles. The zero-order valence-corrected chi connectivity index (χ0v) is 14.7. The normalized spacial score (nSPS) is 11.9. The molecule has 0 unspecified atom stereocenters. The molecule has 2 aromatic rings. The number of amides is 1. The third kappa shape index (κ3) is 4.56. The van der Waals surface area contributed by atoms with Crippen molar-refractivity contribution in [2.24, 2.45) is 5.92 Å². The Hall–Kier alpha value is -2.89. The van der Waals surface area contributed by atoms with Gasteiger partial charge in [0.05, 0.1) is 6.26 Å². The van der Waals surface area contributed by atoms with E-state index in [2.05, 4.69) is 5.32 Å². The van der Waals surface area contributed by atoms with Gasteiger partial charge in [-0.25, -0.2) is 4.79 Å². The predicted octanol–water partition coefficient (Wildman–Crippen LogP) is 3.61. The van der Waals surface area contributed by atoms with Gasteiger partial charge < -0.3 is 14.5 Å². The summed E-state index contributed by atoms with van der Waals surface area (Å²) in [5, 5.41) is 2.75. The average Bonchev–Trinajstić information content (AvgIpc) is 3.00. The molecule has 1 amide bonds. The molecule has 6 nitrogen and oxygen atoms in total. The fraction of sp³-hybridized carbons (Fsp3) is 0.316. The van der Waals surface area contributed by atoms with Gasteiger partial charge in [-0.1, -0.05) is 13.8 Å². The lowest BCUT2D eigenvalue weighted by Crippen LogP contribution is -2.24. The number of benzene rings is 1. The third-order valence-corrected chi connectivity index (χ3v) is 3.69. The van der Waals surface area contributed by atoms with Crippen molar-refractivity contribution in [3.05, 3.63) is 53.5 Å². The Bertz CT molecular complexity index is 773. The summed E-state index contributed by atoms with van der Waals surface area (Å²) in [6.45, 7) is 6.76. The SMILES string of the molecule is Cc1occc1C(=O)O[C@H](C)C(=O)c1ccc(NC(=O)C(C)C)cc1. The summed E-state index contributed by atoms with van der Waals surface area (Å²) in [7, 11) is 0. The molecule has 1 atom stereocenters. The van der Waals surface area contributed by atoms with Crippen LogP contribution in [0.15, 0.2) is 41.0 Å². The molecule has 0 spiro atoms. The number of carbonyl (C=O) groups excluding carboxylic acids is 3. The van der Waals surface area contributed by atoms with Gasteiger partial charge in [0, 0.05) is 17.2 Å². The Morgan fingerprint density at radius 3 is 2.20 bits per heavy atom. The van der Waals surface area contributed by atoms with Crippen LogP contribution in [0, 0.1) is 12.8 Å². The highest BCUT2D eigenvalue weighted by molar-refractivity contribution is 6.02. The number of nitrogens with one attached hydrogen (secondary N) is 1. The second-order valence-electron chi connectivity index (χ2n) is 6.02. The van der Waals surface area contributed by atoms with Crippen LogP contribution in [0.1, 0.15) is 47.2 Å². The van der Waals surface area contributed by atoms with Crippen LogP contribution < -0.4 is 5.32 Å². The lowest BCUT2D eigenvalue weighted by molar-refractivity contribution is -0.118. The second kappa shape index (κ2) is 7.79. The maximum atomic E-state index is 12.4. The van der Waals surface area contributed by atoms with Crippen LogP contribution in [0.2, 0.25) is 0 Å². The minimum Gasteiger partial charge on any atom is -0.469 e. The fourth-order valence-electron chi connectivity index (χ4n) is 2.11. The molecule has 0 saturated carbocycles. The van der Waals surface area contributed by atoms with Gasteiger partial charge in [-0.05, 0) is 44.2 Å². The van der Waals surface area contributed by atoms with Crippen molar-refractivity contribution in [3.63, 3.8) is 0 Å². The van der Waals surface area contributed by atoms with Gasteiger partial charge >= 0.3 is 5.97 Å². The summed E-state index contributed by atoms with van der Waals surface area (Å²) < 4.78 is 10.3. The first-order valence-electron chi connectivity index (χ1n) is 7.99. The number of aryl methyl sites for hydroxylation is 1. The van der Waals surface area contributed by atoms with Gasteiger partial charge in [0.15, 0.2) is 6.10 Å². The molecular formula is C19H21NO5. The number of carbonyl (C=O) groups is 3. The van der Waals surface area contributed by atoms with Gasteiger partial charge in [0.1, 0.15) is 11.3 Å². The number of esters is 1. The minimum atomic E-state index is -0.932. The van der Waals surface area contributed by atoms with Crippen LogP contribution >= 0.6 is 0 Å². The first-order chi connectivity index (χ1) is 11.8. The Morgan fingerprint density at radius 1 is 1.04 bits per heavy atom. The van der Waals surface area contributed by atoms with E-state index < -0.39 is 12.1 Å². The number of hydrogen-bond donors (Lipinski definition) is 1. The van der Waals surface area contributed by atoms with E-state index >= 15 is 0 Å². The van der Waals surface area contributed by atoms with Crippen LogP contribution in [-0.4, -0.2) is 23.8 Å². The molecule has 2 rings (SSSR count). The monoisotopic (exact) mass is 343 g/mol. The number of anilines is 1. The van der Waals surface area contributed by atoms with Crippen LogP contribution in [0.4, 0.5) is 5.69 Å². The van der Waals surface area contributed by atoms with Crippen molar-refractivity contribution < 1.29 is 23.5 Å². The summed E-state index contributed by atoms with van der Waals surface area (Å²) >= 11 is 0. The Morgan fingerprint density at radius 2 is 1.68 bits per heavy atom. The van der Waals surface area contributed by atoms with Crippen LogP contribution in [-0.2, 0) is 9.53 Å². The minimum absolute atomic E-state index is 0.100. The lowest BCUT2D eigenvalue weighted by atomic mass is 10.1. The third-order valence-electron chi connectivity index (χ3n) is 3.69. The number of rotatable bonds is 6. The topological polar surface area (TPSA) is 85.6 Å². The molecule has 1 N–H and O–H groups in total. The largest absolute Gasteiger partial charge is 0.469 e. The molecule has 1 aromatic heterocycles. The Kier molecular flexibility index (Phi) is 5.75. The standard InChI is InChI=1S/C19H21NO5/c1-11(2)18(22)20-15-7-5-14(6-8-15)17(21)13(4)25-19(23)16-9-10-24-12(16)3/h5-11,13H,1-4H3,(H,20,22)/t13-/m1/s1. The van der Waals surface area contributed by atoms with Gasteiger partial charge in [0.25, 0.3) is 0 Å². The van der Waals surface area contributed by atoms with Crippen molar-refractivity contribution in [2.45, 2.75) is 33.8 Å². The summed E-state index contributed by atoms with van der Waals surface area (Å²) in [6, 6.07) is 7.96. The molecular weight excluding hydrogens is 322 g/mol. The van der Waals surface area contributed by atoms with Gasteiger partial charge in [-0.15, -0.1) is 0 Å². The molecule has 25 heavy (non-hydrogen) atoms. The molecule has 132 valence electrons. The van der Waals surface area contributed by atoms with Crippen molar-refractivity contribution in [1.29, 1.82) is 0 Å². The molecule has 0 aliphatic rings. The van der Waals surface area contributed by atoms with E-state index in [0.29, 0.717) is 22.6 Å². The van der Waals surface area contributed by atoms with Crippen LogP contribution in [0.3, 0.4) is 0 Å². The van der Waals surface area contributed by atoms with Crippen molar-refractivity contribution >= 4 is 23.3 Å². The Balaban J connectivity index is 2.01. The molecule has 6 heteroatoms. The highest BCUT2D eigenvalue weighted by Gasteiger charge is 2.22. The van der Waals surface area contributed by atoms with Crippen molar-refractivity contribution in [2.75, 3.05) is 5.32 Å². The molecule has 0 bridgehead atoms. The van der Waals surface area contributed by atoms with E-state index in [1.807, 2.05) is 0 Å². The summed E-state index contributed by atoms with van der Waals surface area (Å²) in [5.74, 6) is -0.719.